The lowest BCUT2D eigenvalue weighted by atomic mass is 10.0. The predicted molar refractivity (Wildman–Crippen MR) is 117 cm³/mol. The summed E-state index contributed by atoms with van der Waals surface area (Å²) in [6.45, 7) is 5.07. The molecule has 6 nitrogen and oxygen atoms in total. The van der Waals surface area contributed by atoms with E-state index in [1.807, 2.05) is 26.0 Å². The van der Waals surface area contributed by atoms with Crippen molar-refractivity contribution in [2.24, 2.45) is 11.8 Å². The highest BCUT2D eigenvalue weighted by Gasteiger charge is 2.17. The second-order valence-electron chi connectivity index (χ2n) is 7.25. The van der Waals surface area contributed by atoms with Crippen molar-refractivity contribution in [3.05, 3.63) is 71.7 Å². The van der Waals surface area contributed by atoms with E-state index in [-0.39, 0.29) is 17.7 Å². The smallest absolute Gasteiger partial charge is 0.254 e. The van der Waals surface area contributed by atoms with Crippen molar-refractivity contribution in [3.63, 3.8) is 0 Å². The molecule has 0 saturated heterocycles. The fraction of sp³-hybridized carbons (Fsp3) is 0.320. The Morgan fingerprint density at radius 3 is 1.77 bits per heavy atom. The molecule has 2 atom stereocenters. The number of nitriles is 2. The molecule has 2 unspecified atom stereocenters. The normalized spacial score (nSPS) is 19.5. The molecule has 1 aromatic rings. The summed E-state index contributed by atoms with van der Waals surface area (Å²) < 4.78 is 12.0. The van der Waals surface area contributed by atoms with Crippen molar-refractivity contribution in [2.45, 2.75) is 26.7 Å². The number of hydrogen-bond donors (Lipinski definition) is 0. The van der Waals surface area contributed by atoms with E-state index in [1.54, 1.807) is 47.4 Å². The maximum absolute atomic E-state index is 12.9. The van der Waals surface area contributed by atoms with Crippen LogP contribution in [0.2, 0.25) is 0 Å². The van der Waals surface area contributed by atoms with E-state index in [4.69, 9.17) is 20.0 Å². The van der Waals surface area contributed by atoms with Gasteiger partial charge in [-0.1, -0.05) is 12.2 Å². The highest BCUT2D eigenvalue weighted by Crippen LogP contribution is 2.29. The summed E-state index contributed by atoms with van der Waals surface area (Å²) in [6, 6.07) is 9.56. The van der Waals surface area contributed by atoms with Gasteiger partial charge in [0.2, 0.25) is 0 Å². The summed E-state index contributed by atoms with van der Waals surface area (Å²) >= 11 is 0. The Hall–Kier alpha value is -3.77. The molecule has 1 aromatic carbocycles. The molecule has 0 fully saturated rings. The lowest BCUT2D eigenvalue weighted by Crippen LogP contribution is -2.30. The topological polar surface area (TPSA) is 86.3 Å². The van der Waals surface area contributed by atoms with Crippen molar-refractivity contribution in [3.8, 4) is 23.6 Å². The monoisotopic (exact) mass is 415 g/mol. The number of amides is 1. The van der Waals surface area contributed by atoms with Gasteiger partial charge in [-0.05, 0) is 63.1 Å². The average molecular weight is 415 g/mol. The molecular weight excluding hydrogens is 390 g/mol. The van der Waals surface area contributed by atoms with Crippen LogP contribution in [0.4, 0.5) is 0 Å². The molecule has 2 aliphatic rings. The summed E-state index contributed by atoms with van der Waals surface area (Å²) in [5, 5.41) is 18.1. The van der Waals surface area contributed by atoms with E-state index < -0.39 is 0 Å². The van der Waals surface area contributed by atoms with E-state index in [1.165, 1.54) is 0 Å². The number of hydrogen-bond acceptors (Lipinski definition) is 5. The maximum atomic E-state index is 12.9. The fourth-order valence-electron chi connectivity index (χ4n) is 3.32. The second kappa shape index (κ2) is 10.3. The van der Waals surface area contributed by atoms with Crippen LogP contribution in [0, 0.1) is 34.5 Å². The van der Waals surface area contributed by atoms with Gasteiger partial charge >= 0.3 is 0 Å². The van der Waals surface area contributed by atoms with Gasteiger partial charge < -0.3 is 14.4 Å². The average Bonchev–Trinajstić information content (AvgIpc) is 2.80. The van der Waals surface area contributed by atoms with Crippen LogP contribution < -0.4 is 9.47 Å². The lowest BCUT2D eigenvalue weighted by molar-refractivity contribution is 0.0772. The van der Waals surface area contributed by atoms with Crippen LogP contribution >= 0.6 is 0 Å². The lowest BCUT2D eigenvalue weighted by Gasteiger charge is -2.20. The third kappa shape index (κ3) is 5.65. The first-order valence-electron chi connectivity index (χ1n) is 10.4. The highest BCUT2D eigenvalue weighted by molar-refractivity contribution is 5.95. The van der Waals surface area contributed by atoms with E-state index in [0.29, 0.717) is 54.5 Å². The summed E-state index contributed by atoms with van der Waals surface area (Å²) in [4.78, 5) is 14.7. The first-order valence-corrected chi connectivity index (χ1v) is 10.4. The van der Waals surface area contributed by atoms with Gasteiger partial charge in [0, 0.05) is 24.7 Å². The molecule has 0 bridgehead atoms. The molecule has 0 aromatic heterocycles. The number of benzene rings is 1. The molecule has 0 heterocycles. The van der Waals surface area contributed by atoms with Crippen molar-refractivity contribution in [2.75, 3.05) is 13.1 Å². The zero-order chi connectivity index (χ0) is 22.2. The molecule has 0 aliphatic heterocycles. The summed E-state index contributed by atoms with van der Waals surface area (Å²) in [6.07, 6.45) is 12.0. The van der Waals surface area contributed by atoms with Crippen LogP contribution in [0.25, 0.3) is 0 Å². The molecule has 0 N–H and O–H groups in total. The highest BCUT2D eigenvalue weighted by atomic mass is 16.5. The van der Waals surface area contributed by atoms with Crippen LogP contribution in [0.5, 0.6) is 11.5 Å². The predicted octanol–water partition coefficient (Wildman–Crippen LogP) is 4.89. The number of carbonyl (C=O) groups excluding carboxylic acids is 1. The largest absolute Gasteiger partial charge is 0.458 e. The molecule has 31 heavy (non-hydrogen) atoms. The first-order chi connectivity index (χ1) is 15.1. The van der Waals surface area contributed by atoms with Crippen molar-refractivity contribution in [1.82, 2.24) is 4.90 Å². The number of nitrogens with zero attached hydrogens (tertiary/aromatic N) is 3. The Morgan fingerprint density at radius 2 is 1.42 bits per heavy atom. The minimum absolute atomic E-state index is 0.101. The van der Waals surface area contributed by atoms with Gasteiger partial charge in [0.15, 0.2) is 0 Å². The van der Waals surface area contributed by atoms with Crippen LogP contribution in [-0.4, -0.2) is 23.9 Å². The molecule has 0 saturated carbocycles. The Morgan fingerprint density at radius 1 is 0.935 bits per heavy atom. The van der Waals surface area contributed by atoms with E-state index in [0.717, 1.165) is 0 Å². The summed E-state index contributed by atoms with van der Waals surface area (Å²) in [7, 11) is 0. The molecular formula is C25H25N3O3. The van der Waals surface area contributed by atoms with Crippen LogP contribution in [0.3, 0.4) is 0 Å². The second-order valence-corrected chi connectivity index (χ2v) is 7.25. The van der Waals surface area contributed by atoms with Crippen molar-refractivity contribution in [1.29, 1.82) is 10.5 Å². The molecule has 6 heteroatoms. The molecule has 2 aliphatic carbocycles. The summed E-state index contributed by atoms with van der Waals surface area (Å²) in [5.74, 6) is 1.81. The Kier molecular flexibility index (Phi) is 7.30. The van der Waals surface area contributed by atoms with Gasteiger partial charge in [-0.3, -0.25) is 4.79 Å². The minimum Gasteiger partial charge on any atom is -0.458 e. The molecule has 3 rings (SSSR count). The van der Waals surface area contributed by atoms with Crippen LogP contribution in [0.1, 0.15) is 37.0 Å². The van der Waals surface area contributed by atoms with Gasteiger partial charge in [0.1, 0.15) is 23.0 Å². The number of rotatable bonds is 7. The number of ether oxygens (including phenoxy) is 2. The Labute approximate surface area is 183 Å². The molecule has 0 spiro atoms. The van der Waals surface area contributed by atoms with Gasteiger partial charge in [0.25, 0.3) is 5.91 Å². The van der Waals surface area contributed by atoms with E-state index in [9.17, 15) is 4.79 Å². The van der Waals surface area contributed by atoms with Gasteiger partial charge in [-0.15, -0.1) is 0 Å². The SMILES string of the molecule is CCN(CC)C(=O)c1cc(OC2=CCC(C#N)C=C2)cc(OC2=CCC(C#N)C=C2)c1. The Bertz CT molecular complexity index is 965. The molecule has 158 valence electrons. The third-order valence-electron chi connectivity index (χ3n) is 5.11. The Balaban J connectivity index is 1.87. The molecule has 0 radical (unpaired) electrons. The maximum Gasteiger partial charge on any atom is 0.254 e. The van der Waals surface area contributed by atoms with Gasteiger partial charge in [-0.25, -0.2) is 0 Å². The first kappa shape index (κ1) is 21.9. The van der Waals surface area contributed by atoms with E-state index in [2.05, 4.69) is 12.1 Å². The third-order valence-corrected chi connectivity index (χ3v) is 5.11. The van der Waals surface area contributed by atoms with Crippen LogP contribution in [-0.2, 0) is 0 Å². The van der Waals surface area contributed by atoms with Gasteiger partial charge in [-0.2, -0.15) is 10.5 Å². The standard InChI is InChI=1S/C25H25N3O3/c1-3-28(4-2)25(29)20-13-23(30-21-9-5-18(16-26)6-10-21)15-24(14-20)31-22-11-7-19(17-27)8-12-22/h5,7,9-15,18-19H,3-4,6,8H2,1-2H3. The molecule has 1 amide bonds. The van der Waals surface area contributed by atoms with Crippen molar-refractivity contribution >= 4 is 5.91 Å². The minimum atomic E-state index is -0.149. The summed E-state index contributed by atoms with van der Waals surface area (Å²) in [5.41, 5.74) is 0.474. The number of allylic oxidation sites excluding steroid dienone is 6. The van der Waals surface area contributed by atoms with Gasteiger partial charge in [0.05, 0.1) is 24.0 Å². The van der Waals surface area contributed by atoms with E-state index >= 15 is 0 Å². The van der Waals surface area contributed by atoms with Crippen molar-refractivity contribution < 1.29 is 14.3 Å². The quantitative estimate of drug-likeness (QED) is 0.633. The zero-order valence-corrected chi connectivity index (χ0v) is 17.7. The zero-order valence-electron chi connectivity index (χ0n) is 17.7. The van der Waals surface area contributed by atoms with Crippen LogP contribution in [0.15, 0.2) is 66.2 Å². The fourth-order valence-corrected chi connectivity index (χ4v) is 3.32. The number of carbonyl (C=O) groups is 1.